The molecular formula is C35H36ClN2NaO4. The molecule has 0 unspecified atom stereocenters. The fraction of sp³-hybridized carbons (Fsp3) is 0.286. The number of pyridine rings is 1. The van der Waals surface area contributed by atoms with Crippen molar-refractivity contribution in [3.8, 4) is 5.75 Å². The summed E-state index contributed by atoms with van der Waals surface area (Å²) in [5.41, 5.74) is 2.97. The van der Waals surface area contributed by atoms with Gasteiger partial charge in [0.15, 0.2) is 5.78 Å². The van der Waals surface area contributed by atoms with Gasteiger partial charge in [0.1, 0.15) is 12.4 Å². The van der Waals surface area contributed by atoms with Crippen LogP contribution in [0.1, 0.15) is 63.4 Å². The van der Waals surface area contributed by atoms with E-state index in [0.717, 1.165) is 33.1 Å². The van der Waals surface area contributed by atoms with Crippen molar-refractivity contribution in [3.63, 3.8) is 0 Å². The number of fused-ring (bicyclic) bond motifs is 2. The van der Waals surface area contributed by atoms with Crippen LogP contribution in [0.5, 0.6) is 5.75 Å². The van der Waals surface area contributed by atoms with Gasteiger partial charge in [-0.1, -0.05) is 68.8 Å². The fourth-order valence-electron chi connectivity index (χ4n) is 5.08. The number of hydrogen-bond acceptors (Lipinski definition) is 4. The first-order valence-corrected chi connectivity index (χ1v) is 14.4. The van der Waals surface area contributed by atoms with Gasteiger partial charge in [-0.3, -0.25) is 9.59 Å². The number of carboxylic acid groups (broad SMARTS) is 1. The van der Waals surface area contributed by atoms with Gasteiger partial charge < -0.3 is 15.8 Å². The standard InChI is InChI=1S/C35H35ClN2O4.Na.H/c1-34(2,3)32(39)31-27-18-26(42-21-25-15-12-23-8-6-7-9-28(23)37-25)16-17-29(27)38(20-22-10-13-24(36)14-11-22)30(31)19-35(4,5)33(40)41;;/h6-18H,19-21H2,1-5H3,(H,40,41);;/q;+1;-1. The molecule has 0 saturated heterocycles. The van der Waals surface area contributed by atoms with E-state index in [1.54, 1.807) is 13.8 Å². The molecule has 218 valence electrons. The van der Waals surface area contributed by atoms with Gasteiger partial charge in [0, 0.05) is 50.9 Å². The average Bonchev–Trinajstić information content (AvgIpc) is 3.23. The number of hydrogen-bond donors (Lipinski definition) is 1. The van der Waals surface area contributed by atoms with Crippen molar-refractivity contribution in [1.82, 2.24) is 9.55 Å². The number of carbonyl (C=O) groups excluding carboxylic acids is 1. The number of para-hydroxylation sites is 1. The molecule has 3 aromatic carbocycles. The first kappa shape index (κ1) is 32.7. The summed E-state index contributed by atoms with van der Waals surface area (Å²) in [5, 5.41) is 12.5. The van der Waals surface area contributed by atoms with E-state index in [-0.39, 0.29) is 49.8 Å². The number of rotatable bonds is 9. The topological polar surface area (TPSA) is 81.4 Å². The molecule has 0 aliphatic carbocycles. The zero-order valence-corrected chi connectivity index (χ0v) is 28.3. The molecule has 1 N–H and O–H groups in total. The molecule has 43 heavy (non-hydrogen) atoms. The monoisotopic (exact) mass is 606 g/mol. The molecule has 8 heteroatoms. The first-order chi connectivity index (χ1) is 19.8. The normalized spacial score (nSPS) is 11.9. The Kier molecular flexibility index (Phi) is 9.77. The van der Waals surface area contributed by atoms with E-state index in [1.165, 1.54) is 0 Å². The Balaban J connectivity index is 0.00000264. The summed E-state index contributed by atoms with van der Waals surface area (Å²) in [6.07, 6.45) is 0.180. The third kappa shape index (κ3) is 7.15. The van der Waals surface area contributed by atoms with Gasteiger partial charge in [0.25, 0.3) is 0 Å². The summed E-state index contributed by atoms with van der Waals surface area (Å²) >= 11 is 6.14. The maximum absolute atomic E-state index is 14.1. The van der Waals surface area contributed by atoms with E-state index in [2.05, 4.69) is 4.57 Å². The molecule has 5 rings (SSSR count). The van der Waals surface area contributed by atoms with E-state index in [1.807, 2.05) is 99.6 Å². The minimum atomic E-state index is -1.10. The smallest absolute Gasteiger partial charge is 1.00 e. The second-order valence-electron chi connectivity index (χ2n) is 12.4. The summed E-state index contributed by atoms with van der Waals surface area (Å²) in [6, 6.07) is 25.2. The van der Waals surface area contributed by atoms with Crippen molar-refractivity contribution < 1.29 is 50.4 Å². The number of halogens is 1. The van der Waals surface area contributed by atoms with Crippen molar-refractivity contribution in [3.05, 3.63) is 106 Å². The molecule has 0 atom stereocenters. The number of nitrogens with zero attached hydrogens (tertiary/aromatic N) is 2. The summed E-state index contributed by atoms with van der Waals surface area (Å²) in [4.78, 5) is 31.0. The van der Waals surface area contributed by atoms with Crippen LogP contribution in [0, 0.1) is 10.8 Å². The average molecular weight is 607 g/mol. The Morgan fingerprint density at radius 1 is 0.953 bits per heavy atom. The summed E-state index contributed by atoms with van der Waals surface area (Å²) in [5.74, 6) is -0.369. The molecule has 2 heterocycles. The number of aromatic nitrogens is 2. The molecule has 2 aromatic heterocycles. The van der Waals surface area contributed by atoms with Crippen LogP contribution in [0.3, 0.4) is 0 Å². The third-order valence-electron chi connectivity index (χ3n) is 7.54. The Labute approximate surface area is 280 Å². The van der Waals surface area contributed by atoms with Crippen molar-refractivity contribution >= 4 is 45.2 Å². The largest absolute Gasteiger partial charge is 1.00 e. The number of aliphatic carboxylic acids is 1. The Hall–Kier alpha value is -3.16. The third-order valence-corrected chi connectivity index (χ3v) is 7.79. The van der Waals surface area contributed by atoms with Crippen LogP contribution in [-0.4, -0.2) is 26.4 Å². The second-order valence-corrected chi connectivity index (χ2v) is 12.9. The Morgan fingerprint density at radius 2 is 1.65 bits per heavy atom. The zero-order chi connectivity index (χ0) is 30.2. The van der Waals surface area contributed by atoms with E-state index < -0.39 is 16.8 Å². The number of benzene rings is 3. The number of carbonyl (C=O) groups is 2. The molecular weight excluding hydrogens is 571 g/mol. The molecule has 0 radical (unpaired) electrons. The van der Waals surface area contributed by atoms with Crippen LogP contribution >= 0.6 is 11.6 Å². The van der Waals surface area contributed by atoms with Gasteiger partial charge in [-0.15, -0.1) is 0 Å². The fourth-order valence-corrected chi connectivity index (χ4v) is 5.21. The van der Waals surface area contributed by atoms with Crippen LogP contribution in [0.2, 0.25) is 5.02 Å². The van der Waals surface area contributed by atoms with Crippen LogP contribution in [0.4, 0.5) is 0 Å². The maximum atomic E-state index is 14.1. The van der Waals surface area contributed by atoms with Gasteiger partial charge in [0.05, 0.1) is 16.6 Å². The summed E-state index contributed by atoms with van der Waals surface area (Å²) in [6.45, 7) is 9.76. The SMILES string of the molecule is CC(C)(C)C(=O)c1c(CC(C)(C)C(=O)O)n(Cc2ccc(Cl)cc2)c2ccc(OCc3ccc4ccccc4n3)cc12.[H-].[Na+]. The molecule has 0 spiro atoms. The van der Waals surface area contributed by atoms with Gasteiger partial charge in [-0.2, -0.15) is 0 Å². The summed E-state index contributed by atoms with van der Waals surface area (Å²) in [7, 11) is 0. The van der Waals surface area contributed by atoms with E-state index in [0.29, 0.717) is 28.6 Å². The van der Waals surface area contributed by atoms with Crippen molar-refractivity contribution in [2.24, 2.45) is 10.8 Å². The molecule has 0 fully saturated rings. The van der Waals surface area contributed by atoms with Gasteiger partial charge in [0.2, 0.25) is 0 Å². The van der Waals surface area contributed by atoms with E-state index in [9.17, 15) is 14.7 Å². The van der Waals surface area contributed by atoms with E-state index >= 15 is 0 Å². The van der Waals surface area contributed by atoms with Crippen molar-refractivity contribution in [1.29, 1.82) is 0 Å². The van der Waals surface area contributed by atoms with Crippen LogP contribution < -0.4 is 34.3 Å². The van der Waals surface area contributed by atoms with Gasteiger partial charge >= 0.3 is 35.5 Å². The van der Waals surface area contributed by atoms with Crippen LogP contribution in [0.15, 0.2) is 78.9 Å². The molecule has 0 amide bonds. The van der Waals surface area contributed by atoms with Gasteiger partial charge in [-0.25, -0.2) is 4.98 Å². The van der Waals surface area contributed by atoms with E-state index in [4.69, 9.17) is 21.3 Å². The molecule has 0 saturated carbocycles. The molecule has 0 aliphatic rings. The van der Waals surface area contributed by atoms with Crippen molar-refractivity contribution in [2.75, 3.05) is 0 Å². The van der Waals surface area contributed by atoms with Gasteiger partial charge in [-0.05, 0) is 61.9 Å². The quantitative estimate of drug-likeness (QED) is 0.178. The number of Topliss-reactive ketones (excluding diaryl/α,β-unsaturated/α-hetero) is 1. The van der Waals surface area contributed by atoms with Crippen LogP contribution in [0.25, 0.3) is 21.8 Å². The summed E-state index contributed by atoms with van der Waals surface area (Å²) < 4.78 is 8.26. The Morgan fingerprint density at radius 3 is 2.33 bits per heavy atom. The molecule has 0 aliphatic heterocycles. The molecule has 5 aromatic rings. The minimum absolute atomic E-state index is 0. The number of ketones is 1. The second kappa shape index (κ2) is 12.8. The molecule has 0 bridgehead atoms. The number of carboxylic acids is 1. The van der Waals surface area contributed by atoms with Crippen LogP contribution in [-0.2, 0) is 24.4 Å². The number of ether oxygens (including phenoxy) is 1. The van der Waals surface area contributed by atoms with Crippen molar-refractivity contribution in [2.45, 2.75) is 54.2 Å². The predicted molar refractivity (Wildman–Crippen MR) is 169 cm³/mol. The Bertz CT molecular complexity index is 1810. The molecule has 6 nitrogen and oxygen atoms in total. The predicted octanol–water partition coefficient (Wildman–Crippen LogP) is 5.47. The first-order valence-electron chi connectivity index (χ1n) is 14.0. The minimum Gasteiger partial charge on any atom is -1.00 e. The maximum Gasteiger partial charge on any atom is 1.00 e. The zero-order valence-electron chi connectivity index (χ0n) is 26.6.